The summed E-state index contributed by atoms with van der Waals surface area (Å²) in [5.41, 5.74) is 1.78. The summed E-state index contributed by atoms with van der Waals surface area (Å²) in [6.45, 7) is 6.56. The maximum atomic E-state index is 13.2. The fourth-order valence-corrected chi connectivity index (χ4v) is 3.51. The lowest BCUT2D eigenvalue weighted by Crippen LogP contribution is -2.40. The Bertz CT molecular complexity index is 1180. The van der Waals surface area contributed by atoms with Gasteiger partial charge in [-0.3, -0.25) is 9.59 Å². The molecule has 9 nitrogen and oxygen atoms in total. The summed E-state index contributed by atoms with van der Waals surface area (Å²) in [5.74, 6) is 1.15. The summed E-state index contributed by atoms with van der Waals surface area (Å²) in [5, 5.41) is 7.67. The molecule has 9 heteroatoms. The summed E-state index contributed by atoms with van der Waals surface area (Å²) in [7, 11) is 4.70. The number of ether oxygens (including phenoxy) is 3. The number of rotatable bonds is 10. The number of anilines is 1. The molecule has 0 saturated heterocycles. The van der Waals surface area contributed by atoms with Gasteiger partial charge in [-0.2, -0.15) is 5.10 Å². The van der Waals surface area contributed by atoms with Crippen molar-refractivity contribution in [1.82, 2.24) is 14.7 Å². The monoisotopic (exact) mass is 494 g/mol. The average molecular weight is 495 g/mol. The third-order valence-corrected chi connectivity index (χ3v) is 5.57. The van der Waals surface area contributed by atoms with Gasteiger partial charge < -0.3 is 24.4 Å². The SMILES string of the molecule is COCCN(CC(=O)Nc1cc(C(C)(C)C)nn1-c1ccc(OC)cc1)C(=O)c1cccc(OC)c1. The van der Waals surface area contributed by atoms with E-state index in [-0.39, 0.29) is 30.3 Å². The second kappa shape index (κ2) is 11.7. The first-order chi connectivity index (χ1) is 17.2. The van der Waals surface area contributed by atoms with Crippen molar-refractivity contribution in [2.45, 2.75) is 26.2 Å². The fourth-order valence-electron chi connectivity index (χ4n) is 3.51. The zero-order valence-electron chi connectivity index (χ0n) is 21.7. The van der Waals surface area contributed by atoms with Crippen molar-refractivity contribution in [2.24, 2.45) is 0 Å². The van der Waals surface area contributed by atoms with Crippen molar-refractivity contribution in [3.63, 3.8) is 0 Å². The van der Waals surface area contributed by atoms with Gasteiger partial charge in [0, 0.05) is 30.7 Å². The van der Waals surface area contributed by atoms with Gasteiger partial charge in [-0.05, 0) is 42.5 Å². The van der Waals surface area contributed by atoms with Gasteiger partial charge in [-0.15, -0.1) is 0 Å². The van der Waals surface area contributed by atoms with Crippen LogP contribution >= 0.6 is 0 Å². The summed E-state index contributed by atoms with van der Waals surface area (Å²) in [6, 6.07) is 16.1. The Morgan fingerprint density at radius 1 is 0.972 bits per heavy atom. The molecule has 3 aromatic rings. The van der Waals surface area contributed by atoms with Crippen LogP contribution in [0.1, 0.15) is 36.8 Å². The van der Waals surface area contributed by atoms with E-state index in [1.807, 2.05) is 30.3 Å². The Morgan fingerprint density at radius 2 is 1.67 bits per heavy atom. The third kappa shape index (κ3) is 6.63. The summed E-state index contributed by atoms with van der Waals surface area (Å²) in [6.07, 6.45) is 0. The lowest BCUT2D eigenvalue weighted by atomic mass is 9.92. The van der Waals surface area contributed by atoms with Crippen molar-refractivity contribution in [3.8, 4) is 17.2 Å². The predicted molar refractivity (Wildman–Crippen MR) is 138 cm³/mol. The van der Waals surface area contributed by atoms with E-state index in [0.717, 1.165) is 17.1 Å². The normalized spacial score (nSPS) is 11.2. The molecule has 2 amide bonds. The van der Waals surface area contributed by atoms with Crippen LogP contribution in [0.5, 0.6) is 11.5 Å². The molecule has 0 aliphatic rings. The number of aromatic nitrogens is 2. The smallest absolute Gasteiger partial charge is 0.254 e. The summed E-state index contributed by atoms with van der Waals surface area (Å²) >= 11 is 0. The molecule has 0 unspecified atom stereocenters. The van der Waals surface area contributed by atoms with Gasteiger partial charge in [-0.1, -0.05) is 26.8 Å². The minimum Gasteiger partial charge on any atom is -0.497 e. The first kappa shape index (κ1) is 26.7. The van der Waals surface area contributed by atoms with Crippen LogP contribution in [0.4, 0.5) is 5.82 Å². The van der Waals surface area contributed by atoms with Crippen molar-refractivity contribution in [2.75, 3.05) is 46.3 Å². The van der Waals surface area contributed by atoms with Crippen LogP contribution in [0.15, 0.2) is 54.6 Å². The molecule has 1 heterocycles. The molecule has 0 bridgehead atoms. The predicted octanol–water partition coefficient (Wildman–Crippen LogP) is 3.91. The highest BCUT2D eigenvalue weighted by Gasteiger charge is 2.24. The molecule has 192 valence electrons. The van der Waals surface area contributed by atoms with Gasteiger partial charge in [0.05, 0.1) is 32.2 Å². The molecule has 0 fully saturated rings. The maximum absolute atomic E-state index is 13.2. The summed E-state index contributed by atoms with van der Waals surface area (Å²) in [4.78, 5) is 27.8. The Kier molecular flexibility index (Phi) is 8.71. The van der Waals surface area contributed by atoms with Gasteiger partial charge >= 0.3 is 0 Å². The second-order valence-electron chi connectivity index (χ2n) is 9.27. The van der Waals surface area contributed by atoms with Crippen LogP contribution in [0.25, 0.3) is 5.69 Å². The molecular formula is C27H34N4O5. The molecule has 2 aromatic carbocycles. The van der Waals surface area contributed by atoms with Gasteiger partial charge in [0.25, 0.3) is 5.91 Å². The highest BCUT2D eigenvalue weighted by molar-refractivity contribution is 5.99. The Balaban J connectivity index is 1.86. The number of methoxy groups -OCH3 is 3. The van der Waals surface area contributed by atoms with Crippen LogP contribution in [0.2, 0.25) is 0 Å². The molecule has 0 saturated carbocycles. The zero-order valence-corrected chi connectivity index (χ0v) is 21.7. The first-order valence-electron chi connectivity index (χ1n) is 11.6. The molecule has 36 heavy (non-hydrogen) atoms. The quantitative estimate of drug-likeness (QED) is 0.459. The number of nitrogens with zero attached hydrogens (tertiary/aromatic N) is 3. The van der Waals surface area contributed by atoms with Gasteiger partial charge in [0.2, 0.25) is 5.91 Å². The standard InChI is InChI=1S/C27H34N4O5/c1-27(2,3)23-17-24(31(29-23)20-10-12-21(35-5)13-11-20)28-25(32)18-30(14-15-34-4)26(33)19-8-7-9-22(16-19)36-6/h7-13,16-17H,14-15,18H2,1-6H3,(H,28,32). The maximum Gasteiger partial charge on any atom is 0.254 e. The van der Waals surface area contributed by atoms with E-state index in [1.165, 1.54) is 12.0 Å². The highest BCUT2D eigenvalue weighted by atomic mass is 16.5. The lowest BCUT2D eigenvalue weighted by Gasteiger charge is -2.22. The number of nitrogens with one attached hydrogen (secondary N) is 1. The van der Waals surface area contributed by atoms with Crippen LogP contribution in [0.3, 0.4) is 0 Å². The lowest BCUT2D eigenvalue weighted by molar-refractivity contribution is -0.117. The number of hydrogen-bond acceptors (Lipinski definition) is 6. The molecule has 1 N–H and O–H groups in total. The molecule has 3 rings (SSSR count). The van der Waals surface area contributed by atoms with E-state index in [2.05, 4.69) is 26.1 Å². The molecule has 0 aliphatic carbocycles. The molecule has 1 aromatic heterocycles. The minimum absolute atomic E-state index is 0.155. The van der Waals surface area contributed by atoms with E-state index in [4.69, 9.17) is 19.3 Å². The van der Waals surface area contributed by atoms with E-state index in [9.17, 15) is 9.59 Å². The first-order valence-corrected chi connectivity index (χ1v) is 11.6. The van der Waals surface area contributed by atoms with E-state index < -0.39 is 0 Å². The van der Waals surface area contributed by atoms with Crippen molar-refractivity contribution >= 4 is 17.6 Å². The number of amides is 2. The van der Waals surface area contributed by atoms with E-state index >= 15 is 0 Å². The van der Waals surface area contributed by atoms with Gasteiger partial charge in [-0.25, -0.2) is 4.68 Å². The molecule has 0 radical (unpaired) electrons. The minimum atomic E-state index is -0.350. The number of hydrogen-bond donors (Lipinski definition) is 1. The largest absolute Gasteiger partial charge is 0.497 e. The van der Waals surface area contributed by atoms with Crippen molar-refractivity contribution in [3.05, 3.63) is 65.9 Å². The Morgan fingerprint density at radius 3 is 2.28 bits per heavy atom. The van der Waals surface area contributed by atoms with Crippen molar-refractivity contribution < 1.29 is 23.8 Å². The summed E-state index contributed by atoms with van der Waals surface area (Å²) < 4.78 is 17.3. The topological polar surface area (TPSA) is 94.9 Å². The fraction of sp³-hybridized carbons (Fsp3) is 0.370. The van der Waals surface area contributed by atoms with Gasteiger partial charge in [0.15, 0.2) is 0 Å². The van der Waals surface area contributed by atoms with E-state index in [1.54, 1.807) is 43.2 Å². The van der Waals surface area contributed by atoms with Crippen LogP contribution in [-0.4, -0.2) is 67.5 Å². The highest BCUT2D eigenvalue weighted by Crippen LogP contribution is 2.27. The number of carbonyl (C=O) groups excluding carboxylic acids is 2. The molecule has 0 aliphatic heterocycles. The zero-order chi connectivity index (χ0) is 26.3. The van der Waals surface area contributed by atoms with Gasteiger partial charge in [0.1, 0.15) is 23.9 Å². The Labute approximate surface area is 212 Å². The molecular weight excluding hydrogens is 460 g/mol. The average Bonchev–Trinajstić information content (AvgIpc) is 3.30. The Hall–Kier alpha value is -3.85. The van der Waals surface area contributed by atoms with E-state index in [0.29, 0.717) is 23.7 Å². The third-order valence-electron chi connectivity index (χ3n) is 5.57. The molecule has 0 atom stereocenters. The molecule has 0 spiro atoms. The van der Waals surface area contributed by atoms with Crippen LogP contribution in [-0.2, 0) is 14.9 Å². The number of carbonyl (C=O) groups is 2. The van der Waals surface area contributed by atoms with Crippen LogP contribution in [0, 0.1) is 0 Å². The number of benzene rings is 2. The van der Waals surface area contributed by atoms with Crippen LogP contribution < -0.4 is 14.8 Å². The van der Waals surface area contributed by atoms with Crippen molar-refractivity contribution in [1.29, 1.82) is 0 Å². The second-order valence-corrected chi connectivity index (χ2v) is 9.27.